The van der Waals surface area contributed by atoms with Gasteiger partial charge in [-0.05, 0) is 50.0 Å². The van der Waals surface area contributed by atoms with E-state index in [0.717, 1.165) is 32.1 Å². The van der Waals surface area contributed by atoms with E-state index in [0.29, 0.717) is 25.2 Å². The zero-order chi connectivity index (χ0) is 20.1. The van der Waals surface area contributed by atoms with E-state index in [4.69, 9.17) is 9.47 Å². The number of esters is 1. The molecule has 7 heteroatoms. The second-order valence-corrected chi connectivity index (χ2v) is 8.18. The van der Waals surface area contributed by atoms with Crippen LogP contribution in [0.5, 0.6) is 0 Å². The largest absolute Gasteiger partial charge is 0.462 e. The van der Waals surface area contributed by atoms with Crippen LogP contribution in [0.1, 0.15) is 64.7 Å². The first-order valence-corrected chi connectivity index (χ1v) is 10.5. The summed E-state index contributed by atoms with van der Waals surface area (Å²) in [7, 11) is 0. The lowest BCUT2D eigenvalue weighted by Crippen LogP contribution is -2.40. The summed E-state index contributed by atoms with van der Waals surface area (Å²) >= 11 is 0. The number of fused-ring (bicyclic) bond motifs is 1. The van der Waals surface area contributed by atoms with Gasteiger partial charge in [0.05, 0.1) is 12.5 Å². The fourth-order valence-electron chi connectivity index (χ4n) is 4.81. The van der Waals surface area contributed by atoms with E-state index in [-0.39, 0.29) is 35.4 Å². The molecule has 7 nitrogen and oxygen atoms in total. The van der Waals surface area contributed by atoms with Crippen LogP contribution in [-0.2, 0) is 14.3 Å². The Morgan fingerprint density at radius 1 is 1.39 bits per heavy atom. The summed E-state index contributed by atoms with van der Waals surface area (Å²) in [6, 6.07) is -0.743. The Balaban J connectivity index is 1.63. The molecule has 0 radical (unpaired) electrons. The molecule has 28 heavy (non-hydrogen) atoms. The molecule has 1 saturated heterocycles. The van der Waals surface area contributed by atoms with Crippen LogP contribution in [0, 0.1) is 22.0 Å². The van der Waals surface area contributed by atoms with Gasteiger partial charge in [-0.15, -0.1) is 0 Å². The molecular weight excluding hydrogens is 362 g/mol. The van der Waals surface area contributed by atoms with E-state index < -0.39 is 12.3 Å². The van der Waals surface area contributed by atoms with Gasteiger partial charge in [-0.2, -0.15) is 0 Å². The minimum absolute atomic E-state index is 0.0562. The van der Waals surface area contributed by atoms with Crippen LogP contribution in [-0.4, -0.2) is 40.5 Å². The third-order valence-corrected chi connectivity index (χ3v) is 6.13. The van der Waals surface area contributed by atoms with Crippen molar-refractivity contribution in [2.75, 3.05) is 0 Å². The number of rotatable bonds is 7. The van der Waals surface area contributed by atoms with E-state index >= 15 is 0 Å². The number of aliphatic hydroxyl groups is 1. The lowest BCUT2D eigenvalue weighted by molar-refractivity contribution is -0.536. The number of ether oxygens (including phenoxy) is 2. The summed E-state index contributed by atoms with van der Waals surface area (Å²) in [5, 5.41) is 20.9. The van der Waals surface area contributed by atoms with Crippen molar-refractivity contribution in [3.05, 3.63) is 33.9 Å². The first-order chi connectivity index (χ1) is 13.5. The number of carbonyl (C=O) groups excluding carboxylic acids is 1. The molecule has 2 aliphatic carbocycles. The molecule has 6 atom stereocenters. The molecular formula is C21H31NO6. The van der Waals surface area contributed by atoms with Crippen molar-refractivity contribution in [1.82, 2.24) is 0 Å². The summed E-state index contributed by atoms with van der Waals surface area (Å²) in [6.45, 7) is 1.97. The number of aliphatic hydroxyl groups excluding tert-OH is 1. The van der Waals surface area contributed by atoms with E-state index in [2.05, 4.69) is 18.2 Å². The van der Waals surface area contributed by atoms with Crippen molar-refractivity contribution >= 4 is 5.97 Å². The van der Waals surface area contributed by atoms with Crippen LogP contribution in [0.2, 0.25) is 0 Å². The number of nitro groups is 1. The Bertz CT molecular complexity index is 630. The maximum atomic E-state index is 12.1. The van der Waals surface area contributed by atoms with Crippen molar-refractivity contribution in [3.63, 3.8) is 0 Å². The number of hydrogen-bond donors (Lipinski definition) is 1. The fourth-order valence-corrected chi connectivity index (χ4v) is 4.81. The normalized spacial score (nSPS) is 35.0. The Labute approximate surface area is 165 Å². The predicted molar refractivity (Wildman–Crippen MR) is 103 cm³/mol. The first kappa shape index (κ1) is 21.0. The zero-order valence-corrected chi connectivity index (χ0v) is 16.5. The van der Waals surface area contributed by atoms with Gasteiger partial charge in [0.25, 0.3) is 0 Å². The highest BCUT2D eigenvalue weighted by molar-refractivity contribution is 5.69. The minimum Gasteiger partial charge on any atom is -0.462 e. The Morgan fingerprint density at radius 2 is 2.21 bits per heavy atom. The van der Waals surface area contributed by atoms with Crippen LogP contribution in [0.25, 0.3) is 0 Å². The fraction of sp³-hybridized carbons (Fsp3) is 0.762. The van der Waals surface area contributed by atoms with Gasteiger partial charge in [-0.25, -0.2) is 0 Å². The molecule has 1 fully saturated rings. The van der Waals surface area contributed by atoms with Gasteiger partial charge < -0.3 is 14.6 Å². The molecule has 1 N–H and O–H groups in total. The highest BCUT2D eigenvalue weighted by Gasteiger charge is 2.39. The van der Waals surface area contributed by atoms with Crippen molar-refractivity contribution < 1.29 is 24.3 Å². The van der Waals surface area contributed by atoms with E-state index in [1.165, 1.54) is 5.57 Å². The molecule has 0 saturated carbocycles. The quantitative estimate of drug-likeness (QED) is 0.403. The number of hydrogen-bond acceptors (Lipinski definition) is 6. The molecule has 0 aromatic carbocycles. The van der Waals surface area contributed by atoms with Crippen molar-refractivity contribution in [2.45, 2.75) is 89.3 Å². The van der Waals surface area contributed by atoms with Crippen molar-refractivity contribution in [2.24, 2.45) is 11.8 Å². The Kier molecular flexibility index (Phi) is 7.24. The Hall–Kier alpha value is -1.73. The highest BCUT2D eigenvalue weighted by Crippen LogP contribution is 2.41. The topological polar surface area (TPSA) is 98.9 Å². The highest BCUT2D eigenvalue weighted by atomic mass is 16.6. The third kappa shape index (κ3) is 5.20. The van der Waals surface area contributed by atoms with Crippen LogP contribution in [0.15, 0.2) is 23.8 Å². The van der Waals surface area contributed by atoms with E-state index in [1.54, 1.807) is 0 Å². The molecule has 156 valence electrons. The van der Waals surface area contributed by atoms with Gasteiger partial charge in [0.2, 0.25) is 6.04 Å². The monoisotopic (exact) mass is 393 g/mol. The predicted octanol–water partition coefficient (Wildman–Crippen LogP) is 3.53. The molecule has 1 heterocycles. The zero-order valence-electron chi connectivity index (χ0n) is 16.5. The molecule has 3 rings (SSSR count). The second kappa shape index (κ2) is 9.65. The summed E-state index contributed by atoms with van der Waals surface area (Å²) in [5.74, 6) is 0.363. The molecule has 0 spiro atoms. The van der Waals surface area contributed by atoms with Gasteiger partial charge in [0.1, 0.15) is 6.10 Å². The van der Waals surface area contributed by atoms with Gasteiger partial charge in [-0.1, -0.05) is 25.2 Å². The molecule has 0 amide bonds. The lowest BCUT2D eigenvalue weighted by atomic mass is 9.70. The second-order valence-electron chi connectivity index (χ2n) is 8.18. The molecule has 1 aliphatic heterocycles. The molecule has 0 aromatic rings. The van der Waals surface area contributed by atoms with Crippen molar-refractivity contribution in [1.29, 1.82) is 0 Å². The van der Waals surface area contributed by atoms with Crippen LogP contribution < -0.4 is 0 Å². The first-order valence-electron chi connectivity index (χ1n) is 10.5. The van der Waals surface area contributed by atoms with Gasteiger partial charge in [0, 0.05) is 23.7 Å². The van der Waals surface area contributed by atoms with Gasteiger partial charge in [0.15, 0.2) is 6.29 Å². The minimum atomic E-state index is -1.06. The summed E-state index contributed by atoms with van der Waals surface area (Å²) in [5.41, 5.74) is 1.24. The molecule has 3 aliphatic rings. The molecule has 0 aromatic heterocycles. The SMILES string of the molecule is CCCC(=O)OC1CCC=C2C=CCC(CCC3CC([N+](=O)[O-])CC(O)O3)C21. The third-order valence-electron chi connectivity index (χ3n) is 6.13. The smallest absolute Gasteiger partial charge is 0.306 e. The van der Waals surface area contributed by atoms with Crippen LogP contribution in [0.3, 0.4) is 0 Å². The van der Waals surface area contributed by atoms with Crippen LogP contribution in [0.4, 0.5) is 0 Å². The molecule has 0 bridgehead atoms. The van der Waals surface area contributed by atoms with Crippen LogP contribution >= 0.6 is 0 Å². The van der Waals surface area contributed by atoms with Gasteiger partial charge >= 0.3 is 5.97 Å². The summed E-state index contributed by atoms with van der Waals surface area (Å²) in [6.07, 6.45) is 10.9. The number of carbonyl (C=O) groups is 1. The maximum Gasteiger partial charge on any atom is 0.306 e. The standard InChI is InChI=1S/C21H31NO6/c1-2-5-19(23)28-18-9-4-8-14-6-3-7-15(21(14)18)10-11-17-12-16(22(25)26)13-20(24)27-17/h3,6,8,15-18,20-21,24H,2,4-5,7,9-13H2,1H3. The average molecular weight is 393 g/mol. The van der Waals surface area contributed by atoms with Gasteiger partial charge in [-0.3, -0.25) is 14.9 Å². The molecule has 6 unspecified atom stereocenters. The summed E-state index contributed by atoms with van der Waals surface area (Å²) in [4.78, 5) is 22.9. The maximum absolute atomic E-state index is 12.1. The summed E-state index contributed by atoms with van der Waals surface area (Å²) < 4.78 is 11.4. The Morgan fingerprint density at radius 3 is 2.96 bits per heavy atom. The van der Waals surface area contributed by atoms with E-state index in [9.17, 15) is 20.0 Å². The average Bonchev–Trinajstić information content (AvgIpc) is 2.66. The lowest BCUT2D eigenvalue weighted by Gasteiger charge is -2.39. The number of allylic oxidation sites excluding steroid dienone is 3. The number of nitrogens with zero attached hydrogens (tertiary/aromatic N) is 1. The van der Waals surface area contributed by atoms with E-state index in [1.807, 2.05) is 6.92 Å². The van der Waals surface area contributed by atoms with Crippen molar-refractivity contribution in [3.8, 4) is 0 Å².